The van der Waals surface area contributed by atoms with Gasteiger partial charge in [-0.1, -0.05) is 26.0 Å². The predicted molar refractivity (Wildman–Crippen MR) is 136 cm³/mol. The molecule has 172 valence electrons. The maximum absolute atomic E-state index is 12.1. The van der Waals surface area contributed by atoms with Gasteiger partial charge in [0.1, 0.15) is 17.1 Å². The number of aliphatic hydroxyl groups is 1. The van der Waals surface area contributed by atoms with E-state index < -0.39 is 5.60 Å². The minimum absolute atomic E-state index is 0. The van der Waals surface area contributed by atoms with Crippen molar-refractivity contribution in [3.8, 4) is 0 Å². The highest BCUT2D eigenvalue weighted by atomic mass is 127. The standard InChI is InChI=1S/C23H34N4O3.HI/c1-6-16(3)21(28)27-19-10-8-9-18(13-19)14-25-22(24-7-2)26-15-23(5,29)20-12-11-17(4)30-20;/h8-13,16,29H,6-7,14-15H2,1-5H3,(H,27,28)(H2,24,25,26);1H. The van der Waals surface area contributed by atoms with E-state index in [-0.39, 0.29) is 42.3 Å². The van der Waals surface area contributed by atoms with Crippen LogP contribution in [0.5, 0.6) is 0 Å². The van der Waals surface area contributed by atoms with E-state index in [4.69, 9.17) is 4.42 Å². The zero-order chi connectivity index (χ0) is 22.1. The third-order valence-corrected chi connectivity index (χ3v) is 4.89. The predicted octanol–water partition coefficient (Wildman–Crippen LogP) is 4.15. The van der Waals surface area contributed by atoms with Gasteiger partial charge >= 0.3 is 0 Å². The van der Waals surface area contributed by atoms with Crippen LogP contribution in [0.4, 0.5) is 5.69 Å². The summed E-state index contributed by atoms with van der Waals surface area (Å²) in [4.78, 5) is 16.7. The summed E-state index contributed by atoms with van der Waals surface area (Å²) >= 11 is 0. The lowest BCUT2D eigenvalue weighted by Gasteiger charge is -2.22. The molecule has 1 aromatic carbocycles. The van der Waals surface area contributed by atoms with Gasteiger partial charge in [0.25, 0.3) is 0 Å². The fraction of sp³-hybridized carbons (Fsp3) is 0.478. The van der Waals surface area contributed by atoms with Crippen LogP contribution >= 0.6 is 24.0 Å². The van der Waals surface area contributed by atoms with Crippen LogP contribution in [0, 0.1) is 12.8 Å². The van der Waals surface area contributed by atoms with Crippen molar-refractivity contribution >= 4 is 41.5 Å². The normalized spacial score (nSPS) is 14.2. The Bertz CT molecular complexity index is 864. The molecule has 0 fully saturated rings. The number of nitrogens with one attached hydrogen (secondary N) is 3. The summed E-state index contributed by atoms with van der Waals surface area (Å²) in [6, 6.07) is 11.3. The van der Waals surface area contributed by atoms with Gasteiger partial charge in [-0.15, -0.1) is 24.0 Å². The average Bonchev–Trinajstić information content (AvgIpc) is 3.17. The van der Waals surface area contributed by atoms with Crippen molar-refractivity contribution in [3.05, 3.63) is 53.5 Å². The molecule has 7 nitrogen and oxygen atoms in total. The summed E-state index contributed by atoms with van der Waals surface area (Å²) in [6.45, 7) is 10.8. The number of benzene rings is 1. The van der Waals surface area contributed by atoms with E-state index in [1.165, 1.54) is 0 Å². The molecule has 0 saturated heterocycles. The first-order valence-corrected chi connectivity index (χ1v) is 10.5. The summed E-state index contributed by atoms with van der Waals surface area (Å²) in [5, 5.41) is 20.0. The molecule has 8 heteroatoms. The zero-order valence-electron chi connectivity index (χ0n) is 19.0. The molecule has 1 aromatic heterocycles. The number of aryl methyl sites for hydroxylation is 1. The number of halogens is 1. The molecule has 0 aliphatic rings. The number of nitrogens with zero attached hydrogens (tertiary/aromatic N) is 1. The summed E-state index contributed by atoms with van der Waals surface area (Å²) in [6.07, 6.45) is 0.800. The molecule has 0 aliphatic carbocycles. The second-order valence-corrected chi connectivity index (χ2v) is 7.73. The van der Waals surface area contributed by atoms with Crippen LogP contribution in [0.15, 0.2) is 45.8 Å². The second kappa shape index (κ2) is 12.7. The Morgan fingerprint density at radius 3 is 2.58 bits per heavy atom. The average molecular weight is 542 g/mol. The van der Waals surface area contributed by atoms with Crippen LogP contribution in [0.2, 0.25) is 0 Å². The summed E-state index contributed by atoms with van der Waals surface area (Å²) in [5.74, 6) is 1.85. The third kappa shape index (κ3) is 8.53. The number of hydrogen-bond donors (Lipinski definition) is 4. The van der Waals surface area contributed by atoms with E-state index >= 15 is 0 Å². The van der Waals surface area contributed by atoms with Crippen molar-refractivity contribution in [3.63, 3.8) is 0 Å². The van der Waals surface area contributed by atoms with Gasteiger partial charge in [0, 0.05) is 18.2 Å². The molecular weight excluding hydrogens is 507 g/mol. The van der Waals surface area contributed by atoms with Crippen molar-refractivity contribution < 1.29 is 14.3 Å². The molecule has 0 bridgehead atoms. The first-order valence-electron chi connectivity index (χ1n) is 10.5. The van der Waals surface area contributed by atoms with Gasteiger partial charge in [-0.05, 0) is 57.0 Å². The molecule has 0 aliphatic heterocycles. The Morgan fingerprint density at radius 2 is 1.97 bits per heavy atom. The van der Waals surface area contributed by atoms with Crippen LogP contribution in [0.25, 0.3) is 0 Å². The molecule has 4 N–H and O–H groups in total. The quantitative estimate of drug-likeness (QED) is 0.217. The highest BCUT2D eigenvalue weighted by Gasteiger charge is 2.27. The number of amides is 1. The second-order valence-electron chi connectivity index (χ2n) is 7.73. The molecule has 2 rings (SSSR count). The lowest BCUT2D eigenvalue weighted by molar-refractivity contribution is -0.119. The van der Waals surface area contributed by atoms with Gasteiger partial charge in [-0.25, -0.2) is 4.99 Å². The number of rotatable bonds is 9. The fourth-order valence-corrected chi connectivity index (χ4v) is 2.78. The Labute approximate surface area is 202 Å². The van der Waals surface area contributed by atoms with E-state index in [0.717, 1.165) is 23.4 Å². The Kier molecular flexibility index (Phi) is 11.1. The number of carbonyl (C=O) groups is 1. The number of carbonyl (C=O) groups excluding carboxylic acids is 1. The molecule has 31 heavy (non-hydrogen) atoms. The van der Waals surface area contributed by atoms with Crippen molar-refractivity contribution in [2.45, 2.75) is 53.2 Å². The SMILES string of the molecule is CCNC(=NCc1cccc(NC(=O)C(C)CC)c1)NCC(C)(O)c1ccc(C)o1.I. The first-order chi connectivity index (χ1) is 14.2. The Morgan fingerprint density at radius 1 is 1.23 bits per heavy atom. The Balaban J connectivity index is 0.00000480. The number of guanidine groups is 1. The smallest absolute Gasteiger partial charge is 0.227 e. The molecule has 1 amide bonds. The highest BCUT2D eigenvalue weighted by molar-refractivity contribution is 14.0. The summed E-state index contributed by atoms with van der Waals surface area (Å²) in [5.41, 5.74) is 0.578. The van der Waals surface area contributed by atoms with Gasteiger partial charge in [0.05, 0.1) is 13.1 Å². The molecule has 2 unspecified atom stereocenters. The first kappa shape index (κ1) is 27.0. The van der Waals surface area contributed by atoms with Crippen LogP contribution in [-0.2, 0) is 16.9 Å². The lowest BCUT2D eigenvalue weighted by atomic mass is 10.0. The van der Waals surface area contributed by atoms with Gasteiger partial charge in [0.2, 0.25) is 5.91 Å². The van der Waals surface area contributed by atoms with Crippen LogP contribution in [0.3, 0.4) is 0 Å². The van der Waals surface area contributed by atoms with Crippen LogP contribution in [-0.4, -0.2) is 30.1 Å². The number of furan rings is 1. The molecule has 0 spiro atoms. The number of hydrogen-bond acceptors (Lipinski definition) is 4. The van der Waals surface area contributed by atoms with Gasteiger partial charge in [-0.3, -0.25) is 4.79 Å². The monoisotopic (exact) mass is 542 g/mol. The molecule has 0 saturated carbocycles. The van der Waals surface area contributed by atoms with Crippen LogP contribution in [0.1, 0.15) is 51.2 Å². The third-order valence-electron chi connectivity index (χ3n) is 4.89. The van der Waals surface area contributed by atoms with Gasteiger partial charge in [0.15, 0.2) is 5.96 Å². The van der Waals surface area contributed by atoms with E-state index in [1.807, 2.05) is 58.0 Å². The largest absolute Gasteiger partial charge is 0.463 e. The van der Waals surface area contributed by atoms with E-state index in [9.17, 15) is 9.90 Å². The van der Waals surface area contributed by atoms with Gasteiger partial charge in [-0.2, -0.15) is 0 Å². The minimum Gasteiger partial charge on any atom is -0.463 e. The fourth-order valence-electron chi connectivity index (χ4n) is 2.78. The van der Waals surface area contributed by atoms with Gasteiger partial charge < -0.3 is 25.5 Å². The van der Waals surface area contributed by atoms with E-state index in [2.05, 4.69) is 20.9 Å². The maximum Gasteiger partial charge on any atom is 0.227 e. The van der Waals surface area contributed by atoms with Crippen molar-refractivity contribution in [2.24, 2.45) is 10.9 Å². The highest BCUT2D eigenvalue weighted by Crippen LogP contribution is 2.22. The van der Waals surface area contributed by atoms with E-state index in [1.54, 1.807) is 13.0 Å². The molecule has 2 aromatic rings. The summed E-state index contributed by atoms with van der Waals surface area (Å²) in [7, 11) is 0. The van der Waals surface area contributed by atoms with Crippen LogP contribution < -0.4 is 16.0 Å². The number of anilines is 1. The van der Waals surface area contributed by atoms with Crippen molar-refractivity contribution in [1.29, 1.82) is 0 Å². The molecule has 0 radical (unpaired) electrons. The maximum atomic E-state index is 12.1. The Hall–Kier alpha value is -2.07. The van der Waals surface area contributed by atoms with Crippen molar-refractivity contribution in [2.75, 3.05) is 18.4 Å². The zero-order valence-corrected chi connectivity index (χ0v) is 21.3. The van der Waals surface area contributed by atoms with Crippen molar-refractivity contribution in [1.82, 2.24) is 10.6 Å². The molecule has 1 heterocycles. The number of aliphatic imine (C=N–C) groups is 1. The van der Waals surface area contributed by atoms with E-state index in [0.29, 0.717) is 24.8 Å². The summed E-state index contributed by atoms with van der Waals surface area (Å²) < 4.78 is 5.55. The topological polar surface area (TPSA) is 98.9 Å². The molecular formula is C23H35IN4O3. The lowest BCUT2D eigenvalue weighted by Crippen LogP contribution is -2.44. The molecule has 2 atom stereocenters. The minimum atomic E-state index is -1.16.